The van der Waals surface area contributed by atoms with Crippen LogP contribution in [-0.2, 0) is 4.79 Å². The smallest absolute Gasteiger partial charge is 0.445 e. The summed E-state index contributed by atoms with van der Waals surface area (Å²) in [6.07, 6.45) is 6.63. The van der Waals surface area contributed by atoms with E-state index in [-0.39, 0.29) is 0 Å². The lowest BCUT2D eigenvalue weighted by Crippen LogP contribution is -1.94. The van der Waals surface area contributed by atoms with Crippen LogP contribution in [0.25, 0.3) is 0 Å². The third kappa shape index (κ3) is 7.34. The predicted octanol–water partition coefficient (Wildman–Crippen LogP) is 2.25. The van der Waals surface area contributed by atoms with Crippen LogP contribution < -0.4 is 0 Å². The first-order chi connectivity index (χ1) is 4.77. The van der Waals surface area contributed by atoms with Crippen LogP contribution in [0.2, 0.25) is 0 Å². The largest absolute Gasteiger partial charge is 0.493 e. The molecule has 0 aromatic heterocycles. The number of unbranched alkanes of at least 4 members (excludes halogenated alkanes) is 4. The van der Waals surface area contributed by atoms with Gasteiger partial charge in [-0.05, 0) is 12.8 Å². The molecule has 0 aromatic carbocycles. The van der Waals surface area contributed by atoms with Crippen molar-refractivity contribution in [2.75, 3.05) is 0 Å². The Morgan fingerprint density at radius 3 is 2.60 bits per heavy atom. The van der Waals surface area contributed by atoms with Crippen LogP contribution in [0.15, 0.2) is 0 Å². The van der Waals surface area contributed by atoms with Crippen LogP contribution in [0.4, 0.5) is 0 Å². The van der Waals surface area contributed by atoms with Gasteiger partial charge < -0.3 is 5.11 Å². The molecule has 0 bridgehead atoms. The molecule has 0 unspecified atom stereocenters. The van der Waals surface area contributed by atoms with Crippen molar-refractivity contribution in [3.05, 3.63) is 6.42 Å². The zero-order valence-electron chi connectivity index (χ0n) is 6.47. The average molecular weight is 143 g/mol. The Balaban J connectivity index is 2.84. The van der Waals surface area contributed by atoms with E-state index >= 15 is 0 Å². The second kappa shape index (κ2) is 6.46. The van der Waals surface area contributed by atoms with Crippen molar-refractivity contribution in [1.82, 2.24) is 0 Å². The molecule has 0 atom stereocenters. The molecule has 0 saturated heterocycles. The number of carboxylic acids is 1. The van der Waals surface area contributed by atoms with Gasteiger partial charge in [-0.15, -0.1) is 0 Å². The minimum Gasteiger partial charge on any atom is -0.445 e. The number of carbonyl (C=O) groups is 1. The summed E-state index contributed by atoms with van der Waals surface area (Å²) in [4.78, 5) is 9.98. The average Bonchev–Trinajstić information content (AvgIpc) is 1.87. The van der Waals surface area contributed by atoms with Crippen LogP contribution in [-0.4, -0.2) is 11.1 Å². The van der Waals surface area contributed by atoms with Gasteiger partial charge in [0.2, 0.25) is 0 Å². The summed E-state index contributed by atoms with van der Waals surface area (Å²) >= 11 is 0. The van der Waals surface area contributed by atoms with Gasteiger partial charge in [0.05, 0.1) is 0 Å². The van der Waals surface area contributed by atoms with Gasteiger partial charge in [-0.2, -0.15) is 4.79 Å². The summed E-state index contributed by atoms with van der Waals surface area (Å²) in [6, 6.07) is 0. The maximum absolute atomic E-state index is 9.98. The first kappa shape index (κ1) is 9.34. The van der Waals surface area contributed by atoms with Crippen molar-refractivity contribution in [1.29, 1.82) is 0 Å². The highest BCUT2D eigenvalue weighted by Crippen LogP contribution is 2.03. The van der Waals surface area contributed by atoms with Crippen molar-refractivity contribution in [2.45, 2.75) is 39.0 Å². The van der Waals surface area contributed by atoms with Gasteiger partial charge in [-0.1, -0.05) is 19.8 Å². The molecule has 1 N–H and O–H groups in total. The van der Waals surface area contributed by atoms with Gasteiger partial charge in [0.15, 0.2) is 6.42 Å². The van der Waals surface area contributed by atoms with E-state index in [1.165, 1.54) is 19.3 Å². The standard InChI is InChI=1S/C8H14O2/c1-2-3-4-5-6-7-8(9)10/h7H,2-6H2,1H3/p+1. The monoisotopic (exact) mass is 143 g/mol. The third-order valence-corrected chi connectivity index (χ3v) is 1.38. The number of hydrogen-bond donors (Lipinski definition) is 1. The van der Waals surface area contributed by atoms with E-state index in [1.807, 2.05) is 0 Å². The zero-order chi connectivity index (χ0) is 7.82. The summed E-state index contributed by atoms with van der Waals surface area (Å²) in [5, 5.41) is 8.21. The van der Waals surface area contributed by atoms with Crippen molar-refractivity contribution in [2.24, 2.45) is 0 Å². The van der Waals surface area contributed by atoms with Crippen LogP contribution in [0.3, 0.4) is 0 Å². The first-order valence-corrected chi connectivity index (χ1v) is 3.83. The molecule has 10 heavy (non-hydrogen) atoms. The Bertz CT molecular complexity index is 89.3. The van der Waals surface area contributed by atoms with Crippen molar-refractivity contribution in [3.63, 3.8) is 0 Å². The second-order valence-electron chi connectivity index (χ2n) is 2.39. The van der Waals surface area contributed by atoms with Gasteiger partial charge in [0.25, 0.3) is 0 Å². The fraction of sp³-hybridized carbons (Fsp3) is 0.750. The maximum Gasteiger partial charge on any atom is 0.493 e. The van der Waals surface area contributed by atoms with Gasteiger partial charge in [0, 0.05) is 0 Å². The third-order valence-electron chi connectivity index (χ3n) is 1.38. The normalized spacial score (nSPS) is 9.30. The van der Waals surface area contributed by atoms with Crippen molar-refractivity contribution >= 4 is 5.97 Å². The van der Waals surface area contributed by atoms with Gasteiger partial charge in [0.1, 0.15) is 6.42 Å². The molecule has 0 aromatic rings. The SMILES string of the molecule is CCCCCC[CH+]C(=O)O. The number of carboxylic acid groups (broad SMARTS) is 1. The minimum absolute atomic E-state index is 0.718. The number of aliphatic carboxylic acids is 1. The molecule has 0 aliphatic carbocycles. The molecule has 0 heterocycles. The molecule has 2 heteroatoms. The molecule has 0 aliphatic heterocycles. The predicted molar refractivity (Wildman–Crippen MR) is 40.7 cm³/mol. The molecule has 58 valence electrons. The number of hydrogen-bond acceptors (Lipinski definition) is 1. The molecule has 2 nitrogen and oxygen atoms in total. The van der Waals surface area contributed by atoms with Gasteiger partial charge in [-0.3, -0.25) is 0 Å². The fourth-order valence-electron chi connectivity index (χ4n) is 0.797. The highest BCUT2D eigenvalue weighted by Gasteiger charge is 2.06. The van der Waals surface area contributed by atoms with Crippen LogP contribution in [0.1, 0.15) is 39.0 Å². The van der Waals surface area contributed by atoms with E-state index in [0.29, 0.717) is 0 Å². The summed E-state index contributed by atoms with van der Waals surface area (Å²) in [5.74, 6) is -0.795. The Labute approximate surface area is 62.2 Å². The van der Waals surface area contributed by atoms with E-state index in [9.17, 15) is 4.79 Å². The lowest BCUT2D eigenvalue weighted by atomic mass is 10.1. The van der Waals surface area contributed by atoms with Gasteiger partial charge >= 0.3 is 5.97 Å². The lowest BCUT2D eigenvalue weighted by molar-refractivity contribution is -0.133. The number of rotatable bonds is 6. The van der Waals surface area contributed by atoms with Crippen molar-refractivity contribution < 1.29 is 9.90 Å². The van der Waals surface area contributed by atoms with Gasteiger partial charge in [-0.25, -0.2) is 0 Å². The van der Waals surface area contributed by atoms with E-state index in [4.69, 9.17) is 5.11 Å². The minimum atomic E-state index is -0.795. The summed E-state index contributed by atoms with van der Waals surface area (Å²) in [7, 11) is 0. The zero-order valence-corrected chi connectivity index (χ0v) is 6.47. The van der Waals surface area contributed by atoms with Crippen LogP contribution >= 0.6 is 0 Å². The lowest BCUT2D eigenvalue weighted by Gasteiger charge is -1.89. The molecule has 0 spiro atoms. The van der Waals surface area contributed by atoms with E-state index in [0.717, 1.165) is 19.3 Å². The topological polar surface area (TPSA) is 37.3 Å². The van der Waals surface area contributed by atoms with Crippen LogP contribution in [0.5, 0.6) is 0 Å². The van der Waals surface area contributed by atoms with Crippen molar-refractivity contribution in [3.8, 4) is 0 Å². The Morgan fingerprint density at radius 2 is 2.10 bits per heavy atom. The summed E-state index contributed by atoms with van der Waals surface area (Å²) < 4.78 is 0. The quantitative estimate of drug-likeness (QED) is 0.457. The Kier molecular flexibility index (Phi) is 6.03. The first-order valence-electron chi connectivity index (χ1n) is 3.83. The second-order valence-corrected chi connectivity index (χ2v) is 2.39. The molecular weight excluding hydrogens is 128 g/mol. The van der Waals surface area contributed by atoms with E-state index in [1.54, 1.807) is 0 Å². The molecule has 0 rings (SSSR count). The van der Waals surface area contributed by atoms with E-state index in [2.05, 4.69) is 6.92 Å². The Morgan fingerprint density at radius 1 is 1.40 bits per heavy atom. The molecule has 0 aliphatic rings. The van der Waals surface area contributed by atoms with Crippen LogP contribution in [0, 0.1) is 6.42 Å². The highest BCUT2D eigenvalue weighted by atomic mass is 16.4. The fourth-order valence-corrected chi connectivity index (χ4v) is 0.797. The molecule has 0 fully saturated rings. The summed E-state index contributed by atoms with van der Waals surface area (Å²) in [5.41, 5.74) is 0. The molecular formula is C8H15O2+. The Hall–Kier alpha value is -0.660. The highest BCUT2D eigenvalue weighted by molar-refractivity contribution is 5.76. The molecule has 0 amide bonds. The maximum atomic E-state index is 9.98. The molecule has 0 radical (unpaired) electrons. The summed E-state index contributed by atoms with van der Waals surface area (Å²) in [6.45, 7) is 2.14. The molecule has 0 saturated carbocycles. The van der Waals surface area contributed by atoms with E-state index < -0.39 is 5.97 Å².